The van der Waals surface area contributed by atoms with E-state index in [9.17, 15) is 19.0 Å². The Morgan fingerprint density at radius 2 is 0.606 bits per heavy atom. The van der Waals surface area contributed by atoms with Gasteiger partial charge in [-0.25, -0.2) is 4.57 Å². The van der Waals surface area contributed by atoms with Crippen molar-refractivity contribution in [2.45, 2.75) is 392 Å². The van der Waals surface area contributed by atoms with Crippen LogP contribution in [-0.2, 0) is 32.7 Å². The SMILES string of the molecule is CC/C=C\C/C=C\C/C=C\C/C=C\C/C=C\C/C=C\C/C=C\CCCCCCCCCCCC(=O)OC(COC(=O)CCCCCCCCCCCCCCCCCCCCCCCCCCCCCCCCCCCCCCCCC)COP(=O)(O)OCC[N+](C)(C)C. The zero-order chi connectivity index (χ0) is 68.3. The molecular formula is C84H155NO8P+. The van der Waals surface area contributed by atoms with Crippen LogP contribution in [0.25, 0.3) is 0 Å². The number of ether oxygens (including phenoxy) is 2. The lowest BCUT2D eigenvalue weighted by molar-refractivity contribution is -0.870. The first kappa shape index (κ1) is 91.2. The molecule has 0 aromatic carbocycles. The molecule has 0 aromatic rings. The van der Waals surface area contributed by atoms with E-state index in [1.807, 2.05) is 21.1 Å². The Hall–Kier alpha value is -2.81. The molecule has 2 atom stereocenters. The van der Waals surface area contributed by atoms with Crippen molar-refractivity contribution in [3.05, 3.63) is 85.1 Å². The number of unbranched alkanes of at least 4 members (excludes halogenated alkanes) is 47. The quantitative estimate of drug-likeness (QED) is 0.0211. The number of phosphoric acid groups is 1. The van der Waals surface area contributed by atoms with Crippen molar-refractivity contribution in [3.8, 4) is 0 Å². The molecule has 1 N–H and O–H groups in total. The van der Waals surface area contributed by atoms with Gasteiger partial charge < -0.3 is 18.9 Å². The third-order valence-electron chi connectivity index (χ3n) is 17.9. The summed E-state index contributed by atoms with van der Waals surface area (Å²) in [5.41, 5.74) is 0. The van der Waals surface area contributed by atoms with Crippen molar-refractivity contribution in [2.75, 3.05) is 47.5 Å². The van der Waals surface area contributed by atoms with Gasteiger partial charge in [0.2, 0.25) is 0 Å². The van der Waals surface area contributed by atoms with E-state index in [0.717, 1.165) is 89.9 Å². The number of carbonyl (C=O) groups is 2. The highest BCUT2D eigenvalue weighted by molar-refractivity contribution is 7.47. The number of quaternary nitrogens is 1. The van der Waals surface area contributed by atoms with E-state index in [1.54, 1.807) is 0 Å². The predicted octanol–water partition coefficient (Wildman–Crippen LogP) is 26.8. The van der Waals surface area contributed by atoms with Gasteiger partial charge in [-0.15, -0.1) is 0 Å². The Morgan fingerprint density at radius 3 is 0.904 bits per heavy atom. The van der Waals surface area contributed by atoms with Crippen LogP contribution in [0.2, 0.25) is 0 Å². The fourth-order valence-corrected chi connectivity index (χ4v) is 12.6. The minimum atomic E-state index is -4.40. The Balaban J connectivity index is 3.94. The molecule has 548 valence electrons. The number of phosphoric ester groups is 1. The number of rotatable bonds is 75. The van der Waals surface area contributed by atoms with Crippen LogP contribution in [0.3, 0.4) is 0 Å². The van der Waals surface area contributed by atoms with Crippen LogP contribution in [-0.4, -0.2) is 74.9 Å². The van der Waals surface area contributed by atoms with E-state index in [4.69, 9.17) is 18.5 Å². The van der Waals surface area contributed by atoms with Gasteiger partial charge in [0.05, 0.1) is 27.7 Å². The normalized spacial score (nSPS) is 13.5. The fraction of sp³-hybridized carbons (Fsp3) is 0.810. The zero-order valence-electron chi connectivity index (χ0n) is 62.7. The van der Waals surface area contributed by atoms with Gasteiger partial charge in [-0.2, -0.15) is 0 Å². The second-order valence-electron chi connectivity index (χ2n) is 28.4. The monoisotopic (exact) mass is 1340 g/mol. The summed E-state index contributed by atoms with van der Waals surface area (Å²) in [6.07, 6.45) is 103. The molecule has 0 fully saturated rings. The molecule has 10 heteroatoms. The van der Waals surface area contributed by atoms with Gasteiger partial charge in [0.1, 0.15) is 19.8 Å². The first-order valence-electron chi connectivity index (χ1n) is 40.3. The first-order chi connectivity index (χ1) is 46.0. The lowest BCUT2D eigenvalue weighted by Crippen LogP contribution is -2.37. The summed E-state index contributed by atoms with van der Waals surface area (Å²) in [5, 5.41) is 0. The molecule has 9 nitrogen and oxygen atoms in total. The molecule has 94 heavy (non-hydrogen) atoms. The van der Waals surface area contributed by atoms with Crippen LogP contribution in [0.15, 0.2) is 85.1 Å². The molecule has 0 amide bonds. The standard InChI is InChI=1S/C84H154NO8P/c1-6-8-10-12-14-16-18-20-22-24-26-28-30-32-34-36-38-39-40-41-42-43-44-45-47-48-50-52-54-56-58-60-62-64-66-68-70-72-74-76-83(86)90-80-82(81-92-94(88,89)91-79-78-85(3,4)5)93-84(87)77-75-73-71-69-67-65-63-61-59-57-55-53-51-49-46-37-35-33-31-29-27-25-23-21-19-17-15-13-11-9-7-2/h9,11,15,17,21,23,27,29,33,35,46,49,53,55,82H,6-8,10,12-14,16,18-20,22,24-26,28,30-32,34,36-45,47-48,50-52,54,56-81H2,1-5H3/p+1/b11-9-,17-15-,23-21-,29-27-,35-33-,49-46-,55-53-. The molecule has 0 aliphatic heterocycles. The molecule has 0 saturated carbocycles. The average Bonchev–Trinajstić information content (AvgIpc) is 1.66. The average molecular weight is 1340 g/mol. The Bertz CT molecular complexity index is 1860. The molecule has 0 aliphatic rings. The van der Waals surface area contributed by atoms with Gasteiger partial charge in [-0.3, -0.25) is 18.6 Å². The van der Waals surface area contributed by atoms with Gasteiger partial charge in [-0.1, -0.05) is 388 Å². The van der Waals surface area contributed by atoms with E-state index in [1.165, 1.54) is 263 Å². The van der Waals surface area contributed by atoms with Crippen LogP contribution in [0.1, 0.15) is 386 Å². The maximum Gasteiger partial charge on any atom is 0.472 e. The van der Waals surface area contributed by atoms with Gasteiger partial charge in [0.15, 0.2) is 6.10 Å². The number of carbonyl (C=O) groups excluding carboxylic acids is 2. The van der Waals surface area contributed by atoms with Crippen LogP contribution in [0.5, 0.6) is 0 Å². The summed E-state index contributed by atoms with van der Waals surface area (Å²) in [6.45, 7) is 4.37. The number of likely N-dealkylation sites (N-methyl/N-ethyl adjacent to an activating group) is 1. The molecule has 0 aromatic heterocycles. The molecular weight excluding hydrogens is 1180 g/mol. The van der Waals surface area contributed by atoms with Gasteiger partial charge in [0, 0.05) is 12.8 Å². The van der Waals surface area contributed by atoms with E-state index < -0.39 is 26.5 Å². The van der Waals surface area contributed by atoms with Crippen LogP contribution < -0.4 is 0 Å². The molecule has 0 spiro atoms. The van der Waals surface area contributed by atoms with Crippen molar-refractivity contribution in [1.29, 1.82) is 0 Å². The van der Waals surface area contributed by atoms with Gasteiger partial charge >= 0.3 is 19.8 Å². The summed E-state index contributed by atoms with van der Waals surface area (Å²) in [7, 11) is 1.48. The summed E-state index contributed by atoms with van der Waals surface area (Å²) in [4.78, 5) is 36.0. The summed E-state index contributed by atoms with van der Waals surface area (Å²) in [5.74, 6) is -0.791. The van der Waals surface area contributed by atoms with Crippen LogP contribution >= 0.6 is 7.82 Å². The Labute approximate surface area is 583 Å². The summed E-state index contributed by atoms with van der Waals surface area (Å²) < 4.78 is 34.8. The number of nitrogens with zero attached hydrogens (tertiary/aromatic N) is 1. The van der Waals surface area contributed by atoms with Crippen molar-refractivity contribution in [3.63, 3.8) is 0 Å². The maximum absolute atomic E-state index is 12.9. The smallest absolute Gasteiger partial charge is 0.462 e. The van der Waals surface area contributed by atoms with Crippen molar-refractivity contribution in [2.24, 2.45) is 0 Å². The molecule has 0 heterocycles. The van der Waals surface area contributed by atoms with Crippen molar-refractivity contribution < 1.29 is 42.1 Å². The number of hydrogen-bond acceptors (Lipinski definition) is 7. The second-order valence-corrected chi connectivity index (χ2v) is 29.9. The Morgan fingerprint density at radius 1 is 0.340 bits per heavy atom. The molecule has 0 bridgehead atoms. The Kier molecular flexibility index (Phi) is 72.2. The molecule has 0 saturated heterocycles. The summed E-state index contributed by atoms with van der Waals surface area (Å²) >= 11 is 0. The molecule has 0 rings (SSSR count). The maximum atomic E-state index is 12.9. The second kappa shape index (κ2) is 74.4. The molecule has 0 aliphatic carbocycles. The highest BCUT2D eigenvalue weighted by atomic mass is 31.2. The number of esters is 2. The minimum Gasteiger partial charge on any atom is -0.462 e. The van der Waals surface area contributed by atoms with Crippen molar-refractivity contribution in [1.82, 2.24) is 0 Å². The highest BCUT2D eigenvalue weighted by Gasteiger charge is 2.27. The largest absolute Gasteiger partial charge is 0.472 e. The number of hydrogen-bond donors (Lipinski definition) is 1. The number of allylic oxidation sites excluding steroid dienone is 14. The van der Waals surface area contributed by atoms with Gasteiger partial charge in [-0.05, 0) is 70.6 Å². The van der Waals surface area contributed by atoms with E-state index >= 15 is 0 Å². The topological polar surface area (TPSA) is 108 Å². The molecule has 2 unspecified atom stereocenters. The highest BCUT2D eigenvalue weighted by Crippen LogP contribution is 2.43. The third-order valence-corrected chi connectivity index (χ3v) is 18.9. The van der Waals surface area contributed by atoms with E-state index in [-0.39, 0.29) is 32.0 Å². The third kappa shape index (κ3) is 78.2. The van der Waals surface area contributed by atoms with Gasteiger partial charge in [0.25, 0.3) is 0 Å². The van der Waals surface area contributed by atoms with Crippen LogP contribution in [0, 0.1) is 0 Å². The van der Waals surface area contributed by atoms with E-state index in [0.29, 0.717) is 17.4 Å². The van der Waals surface area contributed by atoms with E-state index in [2.05, 4.69) is 98.9 Å². The zero-order valence-corrected chi connectivity index (χ0v) is 63.6. The first-order valence-corrected chi connectivity index (χ1v) is 41.8. The van der Waals surface area contributed by atoms with Crippen LogP contribution in [0.4, 0.5) is 0 Å². The van der Waals surface area contributed by atoms with Crippen molar-refractivity contribution >= 4 is 19.8 Å². The summed E-state index contributed by atoms with van der Waals surface area (Å²) in [6, 6.07) is 0. The lowest BCUT2D eigenvalue weighted by Gasteiger charge is -2.24. The predicted molar refractivity (Wildman–Crippen MR) is 409 cm³/mol. The fourth-order valence-electron chi connectivity index (χ4n) is 11.8. The molecule has 0 radical (unpaired) electrons. The lowest BCUT2D eigenvalue weighted by atomic mass is 10.0. The minimum absolute atomic E-state index is 0.0287.